The van der Waals surface area contributed by atoms with E-state index in [2.05, 4.69) is 6.92 Å². The molecule has 0 saturated heterocycles. The Morgan fingerprint density at radius 3 is 1.21 bits per heavy atom. The summed E-state index contributed by atoms with van der Waals surface area (Å²) < 4.78 is 103. The zero-order chi connectivity index (χ0) is 22.6. The summed E-state index contributed by atoms with van der Waals surface area (Å²) >= 11 is 0. The van der Waals surface area contributed by atoms with Crippen molar-refractivity contribution in [2.75, 3.05) is 6.16 Å². The van der Waals surface area contributed by atoms with Crippen LogP contribution in [0.2, 0.25) is 0 Å². The standard InChI is InChI=1S/C15H28O3P.2BF4/c1-2-13-19(16,17-14-9-5-3-6-10-14)18-15-11-7-4-8-12-15;2*2-1(3,4)5/h14-15H,1-13H2;;/q;2*-1. The van der Waals surface area contributed by atoms with Crippen LogP contribution in [0.1, 0.15) is 70.6 Å². The van der Waals surface area contributed by atoms with Gasteiger partial charge in [-0.3, -0.25) is 4.57 Å². The molecule has 0 heterocycles. The second-order valence-electron chi connectivity index (χ2n) is 6.91. The summed E-state index contributed by atoms with van der Waals surface area (Å²) in [6, 6.07) is 0. The Morgan fingerprint density at radius 1 is 0.690 bits per heavy atom. The third kappa shape index (κ3) is 20.8. The first-order valence-electron chi connectivity index (χ1n) is 9.71. The number of rotatable bonds is 6. The molecule has 2 aliphatic carbocycles. The fourth-order valence-electron chi connectivity index (χ4n) is 3.12. The molecule has 1 radical (unpaired) electrons. The van der Waals surface area contributed by atoms with Crippen molar-refractivity contribution in [2.45, 2.75) is 82.8 Å². The lowest BCUT2D eigenvalue weighted by Crippen LogP contribution is -2.21. The van der Waals surface area contributed by atoms with E-state index in [0.717, 1.165) is 25.7 Å². The van der Waals surface area contributed by atoms with Gasteiger partial charge in [0.2, 0.25) is 0 Å². The molecule has 2 fully saturated rings. The molecule has 2 saturated carbocycles. The average Bonchev–Trinajstić information content (AvgIpc) is 2.53. The molecule has 0 aromatic heterocycles. The van der Waals surface area contributed by atoms with E-state index in [1.165, 1.54) is 38.5 Å². The molecule has 0 aliphatic heterocycles. The van der Waals surface area contributed by atoms with Gasteiger partial charge in [0.1, 0.15) is 0 Å². The Kier molecular flexibility index (Phi) is 13.8. The summed E-state index contributed by atoms with van der Waals surface area (Å²) in [4.78, 5) is 0. The molecular weight excluding hydrogens is 433 g/mol. The Bertz CT molecular complexity index is 419. The summed E-state index contributed by atoms with van der Waals surface area (Å²) in [7, 11) is -14.9. The first-order valence-corrected chi connectivity index (χ1v) is 11.4. The zero-order valence-electron chi connectivity index (χ0n) is 16.2. The second-order valence-corrected chi connectivity index (χ2v) is 9.00. The maximum absolute atomic E-state index is 12.9. The molecule has 0 bridgehead atoms. The van der Waals surface area contributed by atoms with E-state index >= 15 is 0 Å². The van der Waals surface area contributed by atoms with Crippen LogP contribution >= 0.6 is 7.60 Å². The van der Waals surface area contributed by atoms with Gasteiger partial charge in [-0.25, -0.2) is 0 Å². The van der Waals surface area contributed by atoms with Crippen molar-refractivity contribution >= 4 is 22.1 Å². The first kappa shape index (κ1) is 28.7. The highest BCUT2D eigenvalue weighted by Crippen LogP contribution is 2.53. The molecule has 0 aromatic rings. The van der Waals surface area contributed by atoms with Crippen molar-refractivity contribution in [3.8, 4) is 0 Å². The van der Waals surface area contributed by atoms with Crippen LogP contribution in [-0.2, 0) is 13.6 Å². The monoisotopic (exact) mass is 461 g/mol. The Hall–Kier alpha value is -0.280. The molecule has 0 atom stereocenters. The molecule has 14 heteroatoms. The van der Waals surface area contributed by atoms with Gasteiger partial charge in [-0.1, -0.05) is 45.4 Å². The van der Waals surface area contributed by atoms with Crippen LogP contribution in [0.25, 0.3) is 0 Å². The fourth-order valence-corrected chi connectivity index (χ4v) is 5.10. The highest BCUT2D eigenvalue weighted by Gasteiger charge is 2.32. The van der Waals surface area contributed by atoms with Crippen LogP contribution in [0.15, 0.2) is 0 Å². The predicted octanol–water partition coefficient (Wildman–Crippen LogP) is 7.70. The molecule has 29 heavy (non-hydrogen) atoms. The van der Waals surface area contributed by atoms with Crippen LogP contribution in [0, 0.1) is 6.92 Å². The fraction of sp³-hybridized carbons (Fsp3) is 0.933. The molecule has 0 N–H and O–H groups in total. The van der Waals surface area contributed by atoms with Crippen molar-refractivity contribution in [1.29, 1.82) is 0 Å². The quantitative estimate of drug-likeness (QED) is 0.231. The van der Waals surface area contributed by atoms with Crippen molar-refractivity contribution < 1.29 is 48.1 Å². The lowest BCUT2D eigenvalue weighted by Gasteiger charge is -2.31. The maximum Gasteiger partial charge on any atom is 0.673 e. The number of hydrogen-bond donors (Lipinski definition) is 0. The lowest BCUT2D eigenvalue weighted by molar-refractivity contribution is 0.0792. The molecule has 0 unspecified atom stereocenters. The van der Waals surface area contributed by atoms with E-state index in [1.807, 2.05) is 0 Å². The predicted molar refractivity (Wildman–Crippen MR) is 98.7 cm³/mol. The minimum Gasteiger partial charge on any atom is -0.418 e. The third-order valence-electron chi connectivity index (χ3n) is 4.16. The smallest absolute Gasteiger partial charge is 0.418 e. The van der Waals surface area contributed by atoms with Gasteiger partial charge in [0.25, 0.3) is 0 Å². The van der Waals surface area contributed by atoms with Crippen LogP contribution in [0.3, 0.4) is 0 Å². The molecule has 3 nitrogen and oxygen atoms in total. The molecule has 175 valence electrons. The van der Waals surface area contributed by atoms with E-state index < -0.39 is 22.1 Å². The van der Waals surface area contributed by atoms with E-state index in [-0.39, 0.29) is 12.2 Å². The summed E-state index contributed by atoms with van der Waals surface area (Å²) in [6.45, 7) is 3.82. The summed E-state index contributed by atoms with van der Waals surface area (Å²) in [6.07, 6.45) is 12.9. The van der Waals surface area contributed by atoms with Crippen molar-refractivity contribution in [1.82, 2.24) is 0 Å². The van der Waals surface area contributed by atoms with E-state index in [0.29, 0.717) is 12.6 Å². The highest BCUT2D eigenvalue weighted by molar-refractivity contribution is 7.53. The minimum atomic E-state index is -6.00. The Balaban J connectivity index is 0.000000653. The molecule has 0 spiro atoms. The lowest BCUT2D eigenvalue weighted by atomic mass is 9.98. The Labute approximate surface area is 167 Å². The third-order valence-corrected chi connectivity index (χ3v) is 6.26. The van der Waals surface area contributed by atoms with Crippen LogP contribution < -0.4 is 0 Å². The zero-order valence-corrected chi connectivity index (χ0v) is 17.1. The topological polar surface area (TPSA) is 35.5 Å². The van der Waals surface area contributed by atoms with Gasteiger partial charge in [0.15, 0.2) is 0 Å². The molecule has 0 amide bonds. The van der Waals surface area contributed by atoms with Crippen molar-refractivity contribution in [3.05, 3.63) is 6.92 Å². The summed E-state index contributed by atoms with van der Waals surface area (Å²) in [5.74, 6) is 0. The van der Waals surface area contributed by atoms with E-state index in [4.69, 9.17) is 9.05 Å². The SMILES string of the molecule is F[B-](F)(F)F.F[B-](F)(F)F.[CH2]CCP(=O)(OC1CCCCC1)OC1CCCCC1. The van der Waals surface area contributed by atoms with Crippen LogP contribution in [0.5, 0.6) is 0 Å². The summed E-state index contributed by atoms with van der Waals surface area (Å²) in [5.41, 5.74) is 0. The molecule has 0 aromatic carbocycles. The largest absolute Gasteiger partial charge is 0.673 e. The van der Waals surface area contributed by atoms with E-state index in [1.54, 1.807) is 0 Å². The molecule has 2 aliphatic rings. The van der Waals surface area contributed by atoms with Crippen LogP contribution in [0.4, 0.5) is 34.5 Å². The Morgan fingerprint density at radius 2 is 0.966 bits per heavy atom. The van der Waals surface area contributed by atoms with Gasteiger partial charge < -0.3 is 43.6 Å². The average molecular weight is 461 g/mol. The normalized spacial score (nSPS) is 19.6. The highest BCUT2D eigenvalue weighted by atomic mass is 31.2. The van der Waals surface area contributed by atoms with Gasteiger partial charge >= 0.3 is 22.1 Å². The van der Waals surface area contributed by atoms with Crippen molar-refractivity contribution in [2.24, 2.45) is 0 Å². The van der Waals surface area contributed by atoms with Gasteiger partial charge in [-0.05, 0) is 32.1 Å². The van der Waals surface area contributed by atoms with Gasteiger partial charge in [-0.15, -0.1) is 0 Å². The molecular formula is C15H28B2F8O3P-2. The van der Waals surface area contributed by atoms with Gasteiger partial charge in [-0.2, -0.15) is 0 Å². The number of halogens is 8. The van der Waals surface area contributed by atoms with E-state index in [9.17, 15) is 39.1 Å². The van der Waals surface area contributed by atoms with Gasteiger partial charge in [0.05, 0.1) is 18.4 Å². The first-order chi connectivity index (χ1) is 13.2. The van der Waals surface area contributed by atoms with Crippen molar-refractivity contribution in [3.63, 3.8) is 0 Å². The summed E-state index contributed by atoms with van der Waals surface area (Å²) in [5, 5.41) is 0. The maximum atomic E-state index is 12.9. The van der Waals surface area contributed by atoms with Gasteiger partial charge in [0, 0.05) is 0 Å². The molecule has 2 rings (SSSR count). The minimum absolute atomic E-state index is 0.148. The number of hydrogen-bond acceptors (Lipinski definition) is 3. The van der Waals surface area contributed by atoms with Crippen LogP contribution in [-0.4, -0.2) is 32.9 Å². The second kappa shape index (κ2) is 13.9.